The minimum absolute atomic E-state index is 0.0110. The molecular formula is C26H33Cl2N3O3. The van der Waals surface area contributed by atoms with Crippen LogP contribution in [0, 0.1) is 0 Å². The predicted octanol–water partition coefficient (Wildman–Crippen LogP) is 4.68. The van der Waals surface area contributed by atoms with Gasteiger partial charge in [-0.2, -0.15) is 0 Å². The van der Waals surface area contributed by atoms with E-state index in [2.05, 4.69) is 29.3 Å². The maximum absolute atomic E-state index is 12.7. The summed E-state index contributed by atoms with van der Waals surface area (Å²) in [6.07, 6.45) is 9.61. The van der Waals surface area contributed by atoms with E-state index in [1.807, 2.05) is 25.1 Å². The Balaban J connectivity index is 1.48. The quantitative estimate of drug-likeness (QED) is 0.357. The smallest absolute Gasteiger partial charge is 0.289 e. The molecule has 2 heterocycles. The number of likely N-dealkylation sites (tertiary alicyclic amines) is 1. The molecule has 184 valence electrons. The summed E-state index contributed by atoms with van der Waals surface area (Å²) in [5.41, 5.74) is 2.45. The molecule has 1 atom stereocenters. The molecule has 0 aliphatic carbocycles. The number of nitrogens with zero attached hydrogens (tertiary/aromatic N) is 2. The van der Waals surface area contributed by atoms with Crippen LogP contribution < -0.4 is 5.32 Å². The lowest BCUT2D eigenvalue weighted by Crippen LogP contribution is -2.40. The highest BCUT2D eigenvalue weighted by atomic mass is 35.5. The van der Waals surface area contributed by atoms with Gasteiger partial charge in [0.2, 0.25) is 0 Å². The Morgan fingerprint density at radius 3 is 2.79 bits per heavy atom. The topological polar surface area (TPSA) is 72.9 Å². The van der Waals surface area contributed by atoms with Crippen molar-refractivity contribution in [3.05, 3.63) is 68.9 Å². The first-order valence-electron chi connectivity index (χ1n) is 11.8. The van der Waals surface area contributed by atoms with Gasteiger partial charge in [0, 0.05) is 32.2 Å². The number of carbonyl (C=O) groups excluding carboxylic acids is 2. The minimum Gasteiger partial charge on any atom is -0.503 e. The first kappa shape index (κ1) is 26.3. The van der Waals surface area contributed by atoms with Crippen molar-refractivity contribution in [2.75, 3.05) is 32.7 Å². The van der Waals surface area contributed by atoms with Crippen LogP contribution in [-0.4, -0.2) is 65.5 Å². The number of aliphatic hydroxyl groups excluding tert-OH is 1. The second-order valence-electron chi connectivity index (χ2n) is 8.73. The van der Waals surface area contributed by atoms with Gasteiger partial charge >= 0.3 is 0 Å². The van der Waals surface area contributed by atoms with E-state index in [1.165, 1.54) is 5.57 Å². The monoisotopic (exact) mass is 505 g/mol. The first-order valence-corrected chi connectivity index (χ1v) is 12.6. The van der Waals surface area contributed by atoms with Crippen molar-refractivity contribution < 1.29 is 14.7 Å². The number of hydrogen-bond donors (Lipinski definition) is 2. The second-order valence-corrected chi connectivity index (χ2v) is 9.55. The highest BCUT2D eigenvalue weighted by Gasteiger charge is 2.40. The molecule has 1 saturated heterocycles. The van der Waals surface area contributed by atoms with Gasteiger partial charge in [-0.15, -0.1) is 0 Å². The third kappa shape index (κ3) is 6.65. The number of aryl methyl sites for hydroxylation is 1. The van der Waals surface area contributed by atoms with E-state index < -0.39 is 17.6 Å². The molecule has 8 heteroatoms. The maximum Gasteiger partial charge on any atom is 0.289 e. The lowest BCUT2D eigenvalue weighted by molar-refractivity contribution is -0.129. The van der Waals surface area contributed by atoms with Crippen molar-refractivity contribution in [1.82, 2.24) is 15.1 Å². The van der Waals surface area contributed by atoms with Gasteiger partial charge in [-0.25, -0.2) is 0 Å². The molecule has 1 aromatic rings. The van der Waals surface area contributed by atoms with Crippen molar-refractivity contribution in [2.24, 2.45) is 0 Å². The summed E-state index contributed by atoms with van der Waals surface area (Å²) in [5.74, 6) is -1.27. The zero-order valence-corrected chi connectivity index (χ0v) is 21.3. The van der Waals surface area contributed by atoms with Gasteiger partial charge in [0.05, 0.1) is 22.2 Å². The zero-order chi connectivity index (χ0) is 24.7. The number of aliphatic hydroxyl groups is 1. The lowest BCUT2D eigenvalue weighted by atomic mass is 10.1. The SMILES string of the molecule is C/C=C\C(=C/CC)CN1CC[C@H](N2CC(C(=O)NCCCc3ccc(Cl)c(Cl)c3)=C(O)C2=O)C1. The van der Waals surface area contributed by atoms with E-state index in [9.17, 15) is 14.7 Å². The maximum atomic E-state index is 12.7. The zero-order valence-electron chi connectivity index (χ0n) is 19.8. The van der Waals surface area contributed by atoms with Crippen LogP contribution in [0.2, 0.25) is 10.0 Å². The fourth-order valence-electron chi connectivity index (χ4n) is 4.48. The van der Waals surface area contributed by atoms with Gasteiger partial charge < -0.3 is 15.3 Å². The van der Waals surface area contributed by atoms with E-state index >= 15 is 0 Å². The number of hydrogen-bond acceptors (Lipinski definition) is 4. The molecule has 1 aromatic carbocycles. The fraction of sp³-hybridized carbons (Fsp3) is 0.462. The summed E-state index contributed by atoms with van der Waals surface area (Å²) in [6.45, 7) is 7.15. The molecule has 0 bridgehead atoms. The minimum atomic E-state index is -0.453. The highest BCUT2D eigenvalue weighted by molar-refractivity contribution is 6.42. The van der Waals surface area contributed by atoms with Crippen LogP contribution in [0.4, 0.5) is 0 Å². The molecular weight excluding hydrogens is 473 g/mol. The Kier molecular flexibility index (Phi) is 9.63. The average Bonchev–Trinajstić information content (AvgIpc) is 3.38. The molecule has 3 rings (SSSR count). The number of halogens is 2. The van der Waals surface area contributed by atoms with E-state index in [0.717, 1.165) is 44.5 Å². The summed E-state index contributed by atoms with van der Waals surface area (Å²) in [6, 6.07) is 5.47. The second kappa shape index (κ2) is 12.4. The standard InChI is InChI=1S/C26H33Cl2N3O3/c1-3-6-19(7-4-2)15-30-13-11-20(16-30)31-17-21(24(32)26(31)34)25(33)29-12-5-8-18-9-10-22(27)23(28)14-18/h3,6-7,9-10,14,20,32H,4-5,8,11-13,15-17H2,1-2H3,(H,29,33)/b6-3-,19-7+/t20-/m0/s1. The van der Waals surface area contributed by atoms with E-state index in [-0.39, 0.29) is 18.2 Å². The van der Waals surface area contributed by atoms with Crippen molar-refractivity contribution in [3.8, 4) is 0 Å². The van der Waals surface area contributed by atoms with Crippen LogP contribution in [0.5, 0.6) is 0 Å². The van der Waals surface area contributed by atoms with Gasteiger partial charge in [-0.1, -0.05) is 54.4 Å². The van der Waals surface area contributed by atoms with Crippen molar-refractivity contribution in [3.63, 3.8) is 0 Å². The summed E-state index contributed by atoms with van der Waals surface area (Å²) < 4.78 is 0. The molecule has 2 aliphatic rings. The predicted molar refractivity (Wildman–Crippen MR) is 137 cm³/mol. The number of amides is 2. The third-order valence-corrected chi connectivity index (χ3v) is 6.94. The molecule has 2 amide bonds. The molecule has 0 aromatic heterocycles. The number of carbonyl (C=O) groups is 2. The van der Waals surface area contributed by atoms with Crippen LogP contribution in [-0.2, 0) is 16.0 Å². The normalized spacial score (nSPS) is 19.6. The number of benzene rings is 1. The van der Waals surface area contributed by atoms with Crippen molar-refractivity contribution in [1.29, 1.82) is 0 Å². The summed E-state index contributed by atoms with van der Waals surface area (Å²) >= 11 is 12.0. The van der Waals surface area contributed by atoms with Crippen molar-refractivity contribution in [2.45, 2.75) is 45.6 Å². The van der Waals surface area contributed by atoms with Gasteiger partial charge in [-0.3, -0.25) is 14.5 Å². The summed E-state index contributed by atoms with van der Waals surface area (Å²) in [7, 11) is 0. The Hall–Kier alpha value is -2.28. The average molecular weight is 506 g/mol. The summed E-state index contributed by atoms with van der Waals surface area (Å²) in [5, 5.41) is 14.2. The van der Waals surface area contributed by atoms with E-state index in [4.69, 9.17) is 23.2 Å². The van der Waals surface area contributed by atoms with Gasteiger partial charge in [0.1, 0.15) is 0 Å². The lowest BCUT2D eigenvalue weighted by Gasteiger charge is -2.24. The van der Waals surface area contributed by atoms with E-state index in [0.29, 0.717) is 23.0 Å². The number of rotatable bonds is 10. The third-order valence-electron chi connectivity index (χ3n) is 6.21. The van der Waals surface area contributed by atoms with Gasteiger partial charge in [0.15, 0.2) is 5.76 Å². The Morgan fingerprint density at radius 2 is 2.09 bits per heavy atom. The van der Waals surface area contributed by atoms with Crippen LogP contribution in [0.15, 0.2) is 53.3 Å². The van der Waals surface area contributed by atoms with Gasteiger partial charge in [0.25, 0.3) is 11.8 Å². The molecule has 1 fully saturated rings. The molecule has 0 saturated carbocycles. The molecule has 6 nitrogen and oxygen atoms in total. The molecule has 0 spiro atoms. The van der Waals surface area contributed by atoms with Crippen molar-refractivity contribution >= 4 is 35.0 Å². The van der Waals surface area contributed by atoms with Crippen LogP contribution in [0.25, 0.3) is 0 Å². The van der Waals surface area contributed by atoms with Crippen LogP contribution >= 0.6 is 23.2 Å². The number of allylic oxidation sites excluding steroid dienone is 2. The Bertz CT molecular complexity index is 1000. The fourth-order valence-corrected chi connectivity index (χ4v) is 4.80. The molecule has 0 radical (unpaired) electrons. The van der Waals surface area contributed by atoms with Crippen LogP contribution in [0.3, 0.4) is 0 Å². The van der Waals surface area contributed by atoms with Crippen LogP contribution in [0.1, 0.15) is 38.7 Å². The first-order chi connectivity index (χ1) is 16.3. The molecule has 2 N–H and O–H groups in total. The number of nitrogens with one attached hydrogen (secondary N) is 1. The summed E-state index contributed by atoms with van der Waals surface area (Å²) in [4.78, 5) is 29.3. The highest BCUT2D eigenvalue weighted by Crippen LogP contribution is 2.26. The molecule has 0 unspecified atom stereocenters. The largest absolute Gasteiger partial charge is 0.503 e. The molecule has 2 aliphatic heterocycles. The Labute approximate surface area is 211 Å². The molecule has 34 heavy (non-hydrogen) atoms. The Morgan fingerprint density at radius 1 is 1.29 bits per heavy atom. The van der Waals surface area contributed by atoms with Gasteiger partial charge in [-0.05, 0) is 55.9 Å². The van der Waals surface area contributed by atoms with E-state index in [1.54, 1.807) is 11.0 Å².